The number of hydrogen-bond acceptors (Lipinski definition) is 6. The van der Waals surface area contributed by atoms with Gasteiger partial charge in [-0.3, -0.25) is 0 Å². The van der Waals surface area contributed by atoms with E-state index in [1.54, 1.807) is 7.11 Å². The van der Waals surface area contributed by atoms with Gasteiger partial charge in [0.05, 0.1) is 19.3 Å². The van der Waals surface area contributed by atoms with Crippen LogP contribution >= 0.6 is 0 Å². The minimum Gasteiger partial charge on any atom is -0.377 e. The van der Waals surface area contributed by atoms with Crippen molar-refractivity contribution < 1.29 is 9.47 Å². The second-order valence-corrected chi connectivity index (χ2v) is 4.54. The van der Waals surface area contributed by atoms with Gasteiger partial charge in [0.15, 0.2) is 5.82 Å². The summed E-state index contributed by atoms with van der Waals surface area (Å²) in [6.07, 6.45) is 1.04. The molecule has 1 atom stereocenters. The van der Waals surface area contributed by atoms with Crippen molar-refractivity contribution in [2.45, 2.75) is 26.0 Å². The molecule has 1 unspecified atom stereocenters. The molecule has 0 bridgehead atoms. The quantitative estimate of drug-likeness (QED) is 0.866. The van der Waals surface area contributed by atoms with Crippen LogP contribution in [0.1, 0.15) is 19.2 Å². The van der Waals surface area contributed by atoms with E-state index in [4.69, 9.17) is 9.47 Å². The third kappa shape index (κ3) is 3.33. The third-order valence-corrected chi connectivity index (χ3v) is 3.28. The average Bonchev–Trinajstić information content (AvgIpc) is 2.47. The molecule has 0 aromatic carbocycles. The number of ether oxygens (including phenoxy) is 2. The number of nitrogens with one attached hydrogen (secondary N) is 1. The summed E-state index contributed by atoms with van der Waals surface area (Å²) in [4.78, 5) is 11.3. The number of nitrogens with zero attached hydrogens (tertiary/aromatic N) is 3. The van der Waals surface area contributed by atoms with E-state index < -0.39 is 0 Å². The van der Waals surface area contributed by atoms with Crippen molar-refractivity contribution in [2.75, 3.05) is 44.1 Å². The van der Waals surface area contributed by atoms with Gasteiger partial charge in [0.2, 0.25) is 0 Å². The van der Waals surface area contributed by atoms with E-state index in [0.717, 1.165) is 37.8 Å². The van der Waals surface area contributed by atoms with Gasteiger partial charge in [0.25, 0.3) is 0 Å². The Balaban J connectivity index is 2.28. The predicted molar refractivity (Wildman–Crippen MR) is 74.5 cm³/mol. The van der Waals surface area contributed by atoms with E-state index in [-0.39, 0.29) is 0 Å². The Morgan fingerprint density at radius 3 is 3.05 bits per heavy atom. The molecule has 1 N–H and O–H groups in total. The van der Waals surface area contributed by atoms with Crippen LogP contribution in [0.3, 0.4) is 0 Å². The third-order valence-electron chi connectivity index (χ3n) is 3.28. The lowest BCUT2D eigenvalue weighted by molar-refractivity contribution is 0.0924. The Morgan fingerprint density at radius 2 is 2.37 bits per heavy atom. The lowest BCUT2D eigenvalue weighted by Gasteiger charge is -2.36. The van der Waals surface area contributed by atoms with Gasteiger partial charge >= 0.3 is 0 Å². The molecule has 0 spiro atoms. The zero-order chi connectivity index (χ0) is 13.7. The Bertz CT molecular complexity index is 414. The Labute approximate surface area is 114 Å². The van der Waals surface area contributed by atoms with Gasteiger partial charge in [0, 0.05) is 26.8 Å². The van der Waals surface area contributed by atoms with Crippen molar-refractivity contribution in [1.82, 2.24) is 9.97 Å². The van der Waals surface area contributed by atoms with Crippen LogP contribution < -0.4 is 10.2 Å². The lowest BCUT2D eigenvalue weighted by atomic mass is 10.2. The van der Waals surface area contributed by atoms with E-state index in [2.05, 4.69) is 27.1 Å². The minimum absolute atomic E-state index is 0.378. The molecule has 2 heterocycles. The standard InChI is InChI=1S/C13H22N4O2/c1-4-10-8-19-6-5-17(10)13-7-11(14-2)15-12(16-13)9-18-3/h7,10H,4-6,8-9H2,1-3H3,(H,14,15,16). The van der Waals surface area contributed by atoms with Crippen LogP contribution in [0.15, 0.2) is 6.07 Å². The fourth-order valence-corrected chi connectivity index (χ4v) is 2.25. The number of morpholine rings is 1. The summed E-state index contributed by atoms with van der Waals surface area (Å²) in [6.45, 7) is 4.96. The van der Waals surface area contributed by atoms with Gasteiger partial charge in [-0.15, -0.1) is 0 Å². The SMILES string of the molecule is CCC1COCCN1c1cc(NC)nc(COC)n1. The smallest absolute Gasteiger partial charge is 0.158 e. The highest BCUT2D eigenvalue weighted by Gasteiger charge is 2.23. The van der Waals surface area contributed by atoms with E-state index >= 15 is 0 Å². The number of hydrogen-bond donors (Lipinski definition) is 1. The topological polar surface area (TPSA) is 59.5 Å². The first-order valence-corrected chi connectivity index (χ1v) is 6.67. The van der Waals surface area contributed by atoms with Gasteiger partial charge in [-0.05, 0) is 6.42 Å². The normalized spacial score (nSPS) is 19.5. The van der Waals surface area contributed by atoms with E-state index in [9.17, 15) is 0 Å². The molecule has 6 nitrogen and oxygen atoms in total. The van der Waals surface area contributed by atoms with Crippen molar-refractivity contribution >= 4 is 11.6 Å². The molecule has 6 heteroatoms. The molecule has 19 heavy (non-hydrogen) atoms. The molecule has 1 aromatic rings. The van der Waals surface area contributed by atoms with E-state index in [1.807, 2.05) is 13.1 Å². The number of aromatic nitrogens is 2. The largest absolute Gasteiger partial charge is 0.377 e. The van der Waals surface area contributed by atoms with Crippen LogP contribution in [0, 0.1) is 0 Å². The monoisotopic (exact) mass is 266 g/mol. The van der Waals surface area contributed by atoms with Crippen LogP contribution in [0.4, 0.5) is 11.6 Å². The molecule has 0 saturated carbocycles. The van der Waals surface area contributed by atoms with Crippen LogP contribution in [-0.4, -0.2) is 49.9 Å². The zero-order valence-electron chi connectivity index (χ0n) is 11.8. The first-order valence-electron chi connectivity index (χ1n) is 6.67. The van der Waals surface area contributed by atoms with Crippen molar-refractivity contribution in [2.24, 2.45) is 0 Å². The summed E-state index contributed by atoms with van der Waals surface area (Å²) in [6, 6.07) is 2.36. The maximum absolute atomic E-state index is 5.53. The molecule has 106 valence electrons. The Morgan fingerprint density at radius 1 is 1.53 bits per heavy atom. The molecule has 2 rings (SSSR count). The fourth-order valence-electron chi connectivity index (χ4n) is 2.25. The number of methoxy groups -OCH3 is 1. The Kier molecular flexibility index (Phi) is 4.93. The summed E-state index contributed by atoms with van der Waals surface area (Å²) >= 11 is 0. The maximum atomic E-state index is 5.53. The van der Waals surface area contributed by atoms with Crippen LogP contribution in [0.25, 0.3) is 0 Å². The summed E-state index contributed by atoms with van der Waals surface area (Å²) in [5, 5.41) is 3.07. The van der Waals surface area contributed by atoms with Crippen molar-refractivity contribution in [1.29, 1.82) is 0 Å². The van der Waals surface area contributed by atoms with Crippen LogP contribution in [-0.2, 0) is 16.1 Å². The number of rotatable bonds is 5. The highest BCUT2D eigenvalue weighted by molar-refractivity contribution is 5.50. The number of anilines is 2. The zero-order valence-corrected chi connectivity index (χ0v) is 11.8. The van der Waals surface area contributed by atoms with E-state index in [1.165, 1.54) is 0 Å². The van der Waals surface area contributed by atoms with Gasteiger partial charge < -0.3 is 19.7 Å². The van der Waals surface area contributed by atoms with Gasteiger partial charge in [-0.1, -0.05) is 6.92 Å². The molecule has 0 amide bonds. The summed E-state index contributed by atoms with van der Waals surface area (Å²) in [5.41, 5.74) is 0. The van der Waals surface area contributed by atoms with Crippen LogP contribution in [0.5, 0.6) is 0 Å². The van der Waals surface area contributed by atoms with Gasteiger partial charge in [0.1, 0.15) is 18.2 Å². The minimum atomic E-state index is 0.378. The molecule has 1 aromatic heterocycles. The second-order valence-electron chi connectivity index (χ2n) is 4.54. The highest BCUT2D eigenvalue weighted by Crippen LogP contribution is 2.22. The van der Waals surface area contributed by atoms with Crippen LogP contribution in [0.2, 0.25) is 0 Å². The van der Waals surface area contributed by atoms with Crippen molar-refractivity contribution in [3.05, 3.63) is 11.9 Å². The maximum Gasteiger partial charge on any atom is 0.158 e. The van der Waals surface area contributed by atoms with Gasteiger partial charge in [-0.25, -0.2) is 9.97 Å². The molecule has 0 aliphatic carbocycles. The van der Waals surface area contributed by atoms with Gasteiger partial charge in [-0.2, -0.15) is 0 Å². The van der Waals surface area contributed by atoms with Crippen molar-refractivity contribution in [3.8, 4) is 0 Å². The first kappa shape index (κ1) is 14.0. The molecular weight excluding hydrogens is 244 g/mol. The predicted octanol–water partition coefficient (Wildman–Crippen LogP) is 1.28. The molecule has 1 saturated heterocycles. The molecule has 1 fully saturated rings. The lowest BCUT2D eigenvalue weighted by Crippen LogP contribution is -2.45. The van der Waals surface area contributed by atoms with Crippen molar-refractivity contribution in [3.63, 3.8) is 0 Å². The fraction of sp³-hybridized carbons (Fsp3) is 0.692. The first-order chi connectivity index (χ1) is 9.28. The highest BCUT2D eigenvalue weighted by atomic mass is 16.5. The summed E-state index contributed by atoms with van der Waals surface area (Å²) in [5.74, 6) is 2.46. The summed E-state index contributed by atoms with van der Waals surface area (Å²) < 4.78 is 10.7. The molecule has 1 aliphatic heterocycles. The molecule has 1 aliphatic rings. The summed E-state index contributed by atoms with van der Waals surface area (Å²) in [7, 11) is 3.51. The molecular formula is C13H22N4O2. The molecule has 0 radical (unpaired) electrons. The Hall–Kier alpha value is -1.40. The van der Waals surface area contributed by atoms with E-state index in [0.29, 0.717) is 18.5 Å². The second kappa shape index (κ2) is 6.68. The average molecular weight is 266 g/mol.